The highest BCUT2D eigenvalue weighted by molar-refractivity contribution is 7.17. The van der Waals surface area contributed by atoms with E-state index < -0.39 is 0 Å². The number of aryl methyl sites for hydroxylation is 1. The van der Waals surface area contributed by atoms with E-state index in [0.29, 0.717) is 0 Å². The van der Waals surface area contributed by atoms with Crippen LogP contribution in [-0.4, -0.2) is 19.8 Å². The van der Waals surface area contributed by atoms with Gasteiger partial charge in [-0.15, -0.1) is 21.5 Å². The summed E-state index contributed by atoms with van der Waals surface area (Å²) in [5.41, 5.74) is 8.41. The largest absolute Gasteiger partial charge is 0.397 e. The average molecular weight is 205 g/mol. The molecule has 0 bridgehead atoms. The van der Waals surface area contributed by atoms with Gasteiger partial charge in [0.25, 0.3) is 0 Å². The number of nitrogens with zero attached hydrogens (tertiary/aromatic N) is 4. The van der Waals surface area contributed by atoms with Crippen LogP contribution in [-0.2, 0) is 0 Å². The molecule has 3 aromatic rings. The van der Waals surface area contributed by atoms with E-state index in [1.807, 2.05) is 12.3 Å². The third-order valence-corrected chi connectivity index (χ3v) is 3.12. The van der Waals surface area contributed by atoms with Gasteiger partial charge < -0.3 is 5.73 Å². The summed E-state index contributed by atoms with van der Waals surface area (Å²) in [4.78, 5) is 0.923. The van der Waals surface area contributed by atoms with Crippen LogP contribution in [0, 0.1) is 6.92 Å². The topological polar surface area (TPSA) is 69.1 Å². The highest BCUT2D eigenvalue weighted by Gasteiger charge is 2.10. The zero-order valence-corrected chi connectivity index (χ0v) is 8.25. The van der Waals surface area contributed by atoms with Crippen molar-refractivity contribution in [3.05, 3.63) is 17.3 Å². The molecule has 3 aromatic heterocycles. The van der Waals surface area contributed by atoms with Crippen LogP contribution >= 0.6 is 11.3 Å². The highest BCUT2D eigenvalue weighted by Crippen LogP contribution is 2.30. The van der Waals surface area contributed by atoms with E-state index in [1.54, 1.807) is 10.8 Å². The first-order valence-electron chi connectivity index (χ1n) is 4.10. The molecule has 0 saturated heterocycles. The van der Waals surface area contributed by atoms with E-state index in [9.17, 15) is 0 Å². The molecular weight excluding hydrogens is 198 g/mol. The van der Waals surface area contributed by atoms with Gasteiger partial charge in [0.2, 0.25) is 0 Å². The predicted octanol–water partition coefficient (Wildman–Crippen LogP) is 1.23. The van der Waals surface area contributed by atoms with Crippen LogP contribution in [0.15, 0.2) is 11.7 Å². The lowest BCUT2D eigenvalue weighted by atomic mass is 10.2. The molecule has 3 heterocycles. The summed E-state index contributed by atoms with van der Waals surface area (Å²) in [7, 11) is 0. The van der Waals surface area contributed by atoms with Crippen LogP contribution in [0.5, 0.6) is 0 Å². The molecule has 0 unspecified atom stereocenters. The fraction of sp³-hybridized carbons (Fsp3) is 0.125. The number of nitrogens with two attached hydrogens (primary N) is 1. The normalized spacial score (nSPS) is 11.5. The minimum Gasteiger partial charge on any atom is -0.397 e. The molecule has 0 atom stereocenters. The number of fused-ring (bicyclic) bond motifs is 2. The number of rotatable bonds is 0. The summed E-state index contributed by atoms with van der Waals surface area (Å²) < 4.78 is 1.67. The lowest BCUT2D eigenvalue weighted by Crippen LogP contribution is -1.94. The van der Waals surface area contributed by atoms with Crippen molar-refractivity contribution >= 4 is 32.9 Å². The first-order valence-corrected chi connectivity index (χ1v) is 4.98. The Bertz CT molecular complexity index is 623. The summed E-state index contributed by atoms with van der Waals surface area (Å²) in [5, 5.41) is 15.0. The average Bonchev–Trinajstić information content (AvgIpc) is 2.74. The van der Waals surface area contributed by atoms with Crippen LogP contribution < -0.4 is 5.73 Å². The van der Waals surface area contributed by atoms with Crippen molar-refractivity contribution < 1.29 is 0 Å². The van der Waals surface area contributed by atoms with Gasteiger partial charge in [-0.25, -0.2) is 0 Å². The van der Waals surface area contributed by atoms with Crippen LogP contribution in [0.25, 0.3) is 15.9 Å². The third kappa shape index (κ3) is 0.805. The molecular formula is C8H7N5S. The third-order valence-electron chi connectivity index (χ3n) is 2.24. The highest BCUT2D eigenvalue weighted by atomic mass is 32.1. The zero-order chi connectivity index (χ0) is 9.71. The van der Waals surface area contributed by atoms with Crippen molar-refractivity contribution in [2.24, 2.45) is 0 Å². The molecule has 0 aliphatic carbocycles. The Balaban J connectivity index is 2.65. The molecule has 3 rings (SSSR count). The van der Waals surface area contributed by atoms with Gasteiger partial charge in [0.15, 0.2) is 5.65 Å². The molecule has 14 heavy (non-hydrogen) atoms. The van der Waals surface area contributed by atoms with E-state index in [0.717, 1.165) is 27.1 Å². The van der Waals surface area contributed by atoms with Crippen molar-refractivity contribution in [2.45, 2.75) is 6.92 Å². The summed E-state index contributed by atoms with van der Waals surface area (Å²) >= 11 is 1.53. The van der Waals surface area contributed by atoms with Crippen LogP contribution in [0.2, 0.25) is 0 Å². The van der Waals surface area contributed by atoms with E-state index in [2.05, 4.69) is 15.3 Å². The van der Waals surface area contributed by atoms with Crippen LogP contribution in [0.1, 0.15) is 5.56 Å². The summed E-state index contributed by atoms with van der Waals surface area (Å²) in [6.07, 6.45) is 1.59. The van der Waals surface area contributed by atoms with Crippen molar-refractivity contribution in [1.82, 2.24) is 19.8 Å². The second-order valence-corrected chi connectivity index (χ2v) is 3.95. The fourth-order valence-electron chi connectivity index (χ4n) is 1.57. The van der Waals surface area contributed by atoms with Gasteiger partial charge in [0.1, 0.15) is 11.2 Å². The van der Waals surface area contributed by atoms with Gasteiger partial charge in [-0.1, -0.05) is 0 Å². The molecule has 70 valence electrons. The monoisotopic (exact) mass is 205 g/mol. The SMILES string of the molecule is Cc1c2c(N)csc2nn2cnnc12. The lowest BCUT2D eigenvalue weighted by molar-refractivity contribution is 0.958. The van der Waals surface area contributed by atoms with E-state index >= 15 is 0 Å². The van der Waals surface area contributed by atoms with E-state index in [-0.39, 0.29) is 0 Å². The standard InChI is InChI=1S/C8H7N5S/c1-4-6-5(9)2-14-8(6)12-13-3-10-11-7(4)13/h2-3H,9H2,1H3. The second-order valence-electron chi connectivity index (χ2n) is 3.10. The molecule has 5 nitrogen and oxygen atoms in total. The number of hydrogen-bond acceptors (Lipinski definition) is 5. The van der Waals surface area contributed by atoms with Gasteiger partial charge in [0.05, 0.1) is 5.69 Å². The Morgan fingerprint density at radius 1 is 1.50 bits per heavy atom. The van der Waals surface area contributed by atoms with Crippen molar-refractivity contribution in [3.63, 3.8) is 0 Å². The summed E-state index contributed by atoms with van der Waals surface area (Å²) in [6, 6.07) is 0. The molecule has 6 heteroatoms. The molecule has 0 spiro atoms. The number of thiophene rings is 1. The molecule has 2 N–H and O–H groups in total. The predicted molar refractivity (Wildman–Crippen MR) is 55.3 cm³/mol. The number of anilines is 1. The Hall–Kier alpha value is -1.69. The minimum absolute atomic E-state index is 0.764. The van der Waals surface area contributed by atoms with Crippen LogP contribution in [0.4, 0.5) is 5.69 Å². The Morgan fingerprint density at radius 2 is 2.36 bits per heavy atom. The number of nitrogen functional groups attached to an aromatic ring is 1. The summed E-state index contributed by atoms with van der Waals surface area (Å²) in [5.74, 6) is 0. The van der Waals surface area contributed by atoms with Gasteiger partial charge in [-0.3, -0.25) is 0 Å². The Kier molecular flexibility index (Phi) is 1.33. The minimum atomic E-state index is 0.764. The van der Waals surface area contributed by atoms with Crippen LogP contribution in [0.3, 0.4) is 0 Å². The number of hydrogen-bond donors (Lipinski definition) is 1. The molecule has 0 radical (unpaired) electrons. The lowest BCUT2D eigenvalue weighted by Gasteiger charge is -1.98. The maximum atomic E-state index is 5.85. The van der Waals surface area contributed by atoms with Crippen molar-refractivity contribution in [3.8, 4) is 0 Å². The summed E-state index contributed by atoms with van der Waals surface area (Å²) in [6.45, 7) is 1.98. The van der Waals surface area contributed by atoms with Gasteiger partial charge in [0, 0.05) is 16.3 Å². The first kappa shape index (κ1) is 7.69. The van der Waals surface area contributed by atoms with Gasteiger partial charge in [-0.2, -0.15) is 9.61 Å². The molecule has 0 saturated carbocycles. The maximum absolute atomic E-state index is 5.85. The Labute approximate surface area is 83.2 Å². The van der Waals surface area contributed by atoms with E-state index in [4.69, 9.17) is 5.73 Å². The smallest absolute Gasteiger partial charge is 0.181 e. The van der Waals surface area contributed by atoms with Crippen molar-refractivity contribution in [2.75, 3.05) is 5.73 Å². The molecule has 0 aromatic carbocycles. The first-order chi connectivity index (χ1) is 6.77. The van der Waals surface area contributed by atoms with Gasteiger partial charge in [-0.05, 0) is 6.92 Å². The molecule has 0 aliphatic heterocycles. The van der Waals surface area contributed by atoms with E-state index in [1.165, 1.54) is 11.3 Å². The van der Waals surface area contributed by atoms with Crippen molar-refractivity contribution in [1.29, 1.82) is 0 Å². The molecule has 0 amide bonds. The quantitative estimate of drug-likeness (QED) is 0.599. The zero-order valence-electron chi connectivity index (χ0n) is 7.43. The molecule has 0 fully saturated rings. The fourth-order valence-corrected chi connectivity index (χ4v) is 2.45. The van der Waals surface area contributed by atoms with Gasteiger partial charge >= 0.3 is 0 Å². The molecule has 0 aliphatic rings. The number of aromatic nitrogens is 4. The maximum Gasteiger partial charge on any atom is 0.181 e. The second kappa shape index (κ2) is 2.42. The Morgan fingerprint density at radius 3 is 3.21 bits per heavy atom.